The third-order valence-electron chi connectivity index (χ3n) is 5.99. The summed E-state index contributed by atoms with van der Waals surface area (Å²) in [5.74, 6) is 3.88. The molecular weight excluding hydrogens is 332 g/mol. The normalized spacial score (nSPS) is 14.1. The first-order chi connectivity index (χ1) is 12.9. The molecule has 1 N–H and O–H groups in total. The van der Waals surface area contributed by atoms with Crippen LogP contribution in [0.15, 0.2) is 22.6 Å². The van der Waals surface area contributed by atoms with E-state index in [0.717, 1.165) is 40.9 Å². The van der Waals surface area contributed by atoms with Gasteiger partial charge >= 0.3 is 0 Å². The molecule has 2 aromatic rings. The fourth-order valence-corrected chi connectivity index (χ4v) is 4.09. The fourth-order valence-electron chi connectivity index (χ4n) is 4.09. The lowest BCUT2D eigenvalue weighted by Gasteiger charge is -2.15. The van der Waals surface area contributed by atoms with Gasteiger partial charge in [0.05, 0.1) is 0 Å². The topological polar surface area (TPSA) is 33.4 Å². The van der Waals surface area contributed by atoms with Crippen LogP contribution in [0.25, 0.3) is 11.0 Å². The van der Waals surface area contributed by atoms with Crippen molar-refractivity contribution < 1.29 is 9.52 Å². The first kappa shape index (κ1) is 21.9. The van der Waals surface area contributed by atoms with Crippen LogP contribution in [-0.2, 0) is 6.42 Å². The predicted molar refractivity (Wildman–Crippen MR) is 116 cm³/mol. The summed E-state index contributed by atoms with van der Waals surface area (Å²) in [5.41, 5.74) is 2.04. The highest BCUT2D eigenvalue weighted by molar-refractivity contribution is 5.83. The Labute approximate surface area is 166 Å². The van der Waals surface area contributed by atoms with Gasteiger partial charge in [-0.1, -0.05) is 72.6 Å². The highest BCUT2D eigenvalue weighted by Crippen LogP contribution is 2.29. The van der Waals surface area contributed by atoms with Crippen LogP contribution in [0.4, 0.5) is 0 Å². The molecule has 2 unspecified atom stereocenters. The van der Waals surface area contributed by atoms with E-state index in [1.807, 2.05) is 6.07 Å². The number of aryl methyl sites for hydroxylation is 2. The minimum atomic E-state index is 0.273. The lowest BCUT2D eigenvalue weighted by molar-refractivity contribution is 0.386. The summed E-state index contributed by atoms with van der Waals surface area (Å²) in [6.45, 7) is 11.6. The van der Waals surface area contributed by atoms with Gasteiger partial charge in [-0.05, 0) is 48.8 Å². The molecule has 1 heterocycles. The van der Waals surface area contributed by atoms with E-state index in [0.29, 0.717) is 0 Å². The van der Waals surface area contributed by atoms with Crippen molar-refractivity contribution in [2.24, 2.45) is 17.8 Å². The molecule has 0 saturated heterocycles. The van der Waals surface area contributed by atoms with E-state index in [9.17, 15) is 5.11 Å². The van der Waals surface area contributed by atoms with Crippen LogP contribution in [0.1, 0.15) is 90.4 Å². The number of hydrogen-bond acceptors (Lipinski definition) is 2. The van der Waals surface area contributed by atoms with Gasteiger partial charge in [-0.25, -0.2) is 0 Å². The maximum Gasteiger partial charge on any atom is 0.138 e. The second-order valence-electron chi connectivity index (χ2n) is 9.19. The maximum absolute atomic E-state index is 9.61. The third kappa shape index (κ3) is 7.24. The van der Waals surface area contributed by atoms with Crippen LogP contribution in [0.5, 0.6) is 5.75 Å². The van der Waals surface area contributed by atoms with Crippen LogP contribution < -0.4 is 0 Å². The Morgan fingerprint density at radius 1 is 0.852 bits per heavy atom. The average molecular weight is 373 g/mol. The van der Waals surface area contributed by atoms with E-state index in [2.05, 4.69) is 34.6 Å². The van der Waals surface area contributed by atoms with Gasteiger partial charge in [0.2, 0.25) is 0 Å². The number of benzene rings is 1. The van der Waals surface area contributed by atoms with E-state index in [1.54, 1.807) is 12.1 Å². The molecule has 0 bridgehead atoms. The lowest BCUT2D eigenvalue weighted by Crippen LogP contribution is -2.00. The van der Waals surface area contributed by atoms with E-state index in [1.165, 1.54) is 56.9 Å². The second-order valence-corrected chi connectivity index (χ2v) is 9.19. The highest BCUT2D eigenvalue weighted by atomic mass is 16.3. The Balaban J connectivity index is 1.65. The summed E-state index contributed by atoms with van der Waals surface area (Å²) in [4.78, 5) is 0. The number of phenolic OH excluding ortho intramolecular Hbond substituents is 1. The van der Waals surface area contributed by atoms with Crippen molar-refractivity contribution in [3.05, 3.63) is 29.5 Å². The molecule has 2 atom stereocenters. The summed E-state index contributed by atoms with van der Waals surface area (Å²) in [7, 11) is 0. The predicted octanol–water partition coefficient (Wildman–Crippen LogP) is 8.04. The molecule has 2 rings (SSSR count). The van der Waals surface area contributed by atoms with Crippen molar-refractivity contribution >= 4 is 11.0 Å². The molecule has 2 nitrogen and oxygen atoms in total. The molecular formula is C25H40O2. The molecule has 2 heteroatoms. The van der Waals surface area contributed by atoms with Crippen molar-refractivity contribution in [3.8, 4) is 5.75 Å². The SMILES string of the molecule is Cc1c(CCCC(C)CCCC(C)CCCC(C)C)oc2cc(O)ccc12. The number of rotatable bonds is 12. The molecule has 0 aliphatic rings. The standard InChI is InChI=1S/C25H40O2/c1-18(2)9-6-10-19(3)11-7-12-20(4)13-8-14-24-21(5)23-16-15-22(26)17-25(23)27-24/h15-20,26H,6-14H2,1-5H3. The lowest BCUT2D eigenvalue weighted by atomic mass is 9.92. The van der Waals surface area contributed by atoms with Gasteiger partial charge in [-0.3, -0.25) is 0 Å². The Bertz CT molecular complexity index is 683. The highest BCUT2D eigenvalue weighted by Gasteiger charge is 2.12. The molecule has 0 radical (unpaired) electrons. The van der Waals surface area contributed by atoms with Crippen molar-refractivity contribution in [3.63, 3.8) is 0 Å². The number of phenols is 1. The Hall–Kier alpha value is -1.44. The Kier molecular flexibility index (Phi) is 8.73. The zero-order valence-corrected chi connectivity index (χ0v) is 18.2. The minimum absolute atomic E-state index is 0.273. The van der Waals surface area contributed by atoms with E-state index in [4.69, 9.17) is 4.42 Å². The monoisotopic (exact) mass is 372 g/mol. The van der Waals surface area contributed by atoms with E-state index >= 15 is 0 Å². The third-order valence-corrected chi connectivity index (χ3v) is 5.99. The molecule has 1 aromatic heterocycles. The van der Waals surface area contributed by atoms with Gasteiger partial charge in [0.15, 0.2) is 0 Å². The number of aromatic hydroxyl groups is 1. The van der Waals surface area contributed by atoms with Crippen LogP contribution in [-0.4, -0.2) is 5.11 Å². The number of fused-ring (bicyclic) bond motifs is 1. The van der Waals surface area contributed by atoms with Gasteiger partial charge in [-0.2, -0.15) is 0 Å². The minimum Gasteiger partial charge on any atom is -0.508 e. The Morgan fingerprint density at radius 3 is 2.07 bits per heavy atom. The quantitative estimate of drug-likeness (QED) is 0.409. The summed E-state index contributed by atoms with van der Waals surface area (Å²) in [6, 6.07) is 5.41. The summed E-state index contributed by atoms with van der Waals surface area (Å²) in [6.07, 6.45) is 11.7. The molecule has 0 spiro atoms. The van der Waals surface area contributed by atoms with Crippen molar-refractivity contribution in [2.75, 3.05) is 0 Å². The molecule has 1 aromatic carbocycles. The van der Waals surface area contributed by atoms with Gasteiger partial charge in [0, 0.05) is 17.9 Å². The molecule has 0 amide bonds. The zero-order chi connectivity index (χ0) is 19.8. The fraction of sp³-hybridized carbons (Fsp3) is 0.680. The van der Waals surface area contributed by atoms with Crippen molar-refractivity contribution in [1.29, 1.82) is 0 Å². The van der Waals surface area contributed by atoms with Gasteiger partial charge < -0.3 is 9.52 Å². The molecule has 27 heavy (non-hydrogen) atoms. The van der Waals surface area contributed by atoms with Crippen LogP contribution in [0, 0.1) is 24.7 Å². The van der Waals surface area contributed by atoms with Gasteiger partial charge in [0.1, 0.15) is 17.1 Å². The molecule has 0 aliphatic heterocycles. The second kappa shape index (κ2) is 10.8. The molecule has 0 fully saturated rings. The summed E-state index contributed by atoms with van der Waals surface area (Å²) < 4.78 is 5.97. The van der Waals surface area contributed by atoms with Crippen LogP contribution in [0.2, 0.25) is 0 Å². The molecule has 0 aliphatic carbocycles. The maximum atomic E-state index is 9.61. The van der Waals surface area contributed by atoms with Gasteiger partial charge in [-0.15, -0.1) is 0 Å². The van der Waals surface area contributed by atoms with Gasteiger partial charge in [0.25, 0.3) is 0 Å². The van der Waals surface area contributed by atoms with Crippen LogP contribution in [0.3, 0.4) is 0 Å². The number of furan rings is 1. The zero-order valence-electron chi connectivity index (χ0n) is 18.2. The number of hydrogen-bond donors (Lipinski definition) is 1. The molecule has 0 saturated carbocycles. The van der Waals surface area contributed by atoms with E-state index < -0.39 is 0 Å². The molecule has 152 valence electrons. The summed E-state index contributed by atoms with van der Waals surface area (Å²) in [5, 5.41) is 10.7. The summed E-state index contributed by atoms with van der Waals surface area (Å²) >= 11 is 0. The van der Waals surface area contributed by atoms with Crippen LogP contribution >= 0.6 is 0 Å². The van der Waals surface area contributed by atoms with E-state index in [-0.39, 0.29) is 5.75 Å². The smallest absolute Gasteiger partial charge is 0.138 e. The van der Waals surface area contributed by atoms with Crippen molar-refractivity contribution in [1.82, 2.24) is 0 Å². The Morgan fingerprint density at radius 2 is 1.44 bits per heavy atom. The average Bonchev–Trinajstić information content (AvgIpc) is 2.90. The van der Waals surface area contributed by atoms with Crippen molar-refractivity contribution in [2.45, 2.75) is 92.4 Å². The first-order valence-electron chi connectivity index (χ1n) is 11.1. The largest absolute Gasteiger partial charge is 0.508 e. The first-order valence-corrected chi connectivity index (χ1v) is 11.1.